The zero-order valence-electron chi connectivity index (χ0n) is 15.0. The van der Waals surface area contributed by atoms with Crippen molar-refractivity contribution in [3.63, 3.8) is 0 Å². The molecule has 1 heterocycles. The Morgan fingerprint density at radius 3 is 1.93 bits per heavy atom. The van der Waals surface area contributed by atoms with E-state index in [2.05, 4.69) is 24.3 Å². The molecule has 0 saturated heterocycles. The lowest BCUT2D eigenvalue weighted by Gasteiger charge is -2.07. The summed E-state index contributed by atoms with van der Waals surface area (Å²) >= 11 is 1.49. The molecule has 3 nitrogen and oxygen atoms in total. The first kappa shape index (κ1) is 18.1. The third kappa shape index (κ3) is 4.02. The normalized spacial score (nSPS) is 10.7. The van der Waals surface area contributed by atoms with Gasteiger partial charge < -0.3 is 9.52 Å². The van der Waals surface area contributed by atoms with Crippen LogP contribution in [0.25, 0.3) is 22.5 Å². The summed E-state index contributed by atoms with van der Waals surface area (Å²) in [4.78, 5) is 13.4. The molecule has 0 atom stereocenters. The van der Waals surface area contributed by atoms with E-state index >= 15 is 0 Å². The van der Waals surface area contributed by atoms with Crippen LogP contribution in [0.1, 0.15) is 5.56 Å². The highest BCUT2D eigenvalue weighted by molar-refractivity contribution is 7.98. The molecule has 0 amide bonds. The van der Waals surface area contributed by atoms with E-state index in [1.807, 2.05) is 60.7 Å². The number of thioether (sulfide) groups is 1. The van der Waals surface area contributed by atoms with Crippen molar-refractivity contribution in [3.8, 4) is 28.2 Å². The first-order valence-electron chi connectivity index (χ1n) is 8.90. The number of hydrogen-bond donors (Lipinski definition) is 1. The zero-order valence-corrected chi connectivity index (χ0v) is 15.9. The molecule has 138 valence electrons. The minimum Gasteiger partial charge on any atom is -0.507 e. The molecule has 0 radical (unpaired) electrons. The summed E-state index contributed by atoms with van der Waals surface area (Å²) in [5.41, 5.74) is 2.82. The summed E-state index contributed by atoms with van der Waals surface area (Å²) in [5.74, 6) is 0.668. The van der Waals surface area contributed by atoms with Crippen molar-refractivity contribution >= 4 is 11.8 Å². The maximum atomic E-state index is 12.4. The molecule has 0 aliphatic carbocycles. The Balaban J connectivity index is 1.50. The summed E-state index contributed by atoms with van der Waals surface area (Å²) in [7, 11) is 0. The van der Waals surface area contributed by atoms with Crippen molar-refractivity contribution in [2.45, 2.75) is 10.6 Å². The van der Waals surface area contributed by atoms with Gasteiger partial charge in [0.05, 0.1) is 5.56 Å². The molecular weight excluding hydrogens is 368 g/mol. The van der Waals surface area contributed by atoms with Gasteiger partial charge in [0.25, 0.3) is 0 Å². The van der Waals surface area contributed by atoms with Crippen LogP contribution < -0.4 is 5.63 Å². The van der Waals surface area contributed by atoms with Crippen LogP contribution in [0.4, 0.5) is 0 Å². The molecule has 0 unspecified atom stereocenters. The zero-order chi connectivity index (χ0) is 19.3. The van der Waals surface area contributed by atoms with Gasteiger partial charge in [0.15, 0.2) is 0 Å². The quantitative estimate of drug-likeness (QED) is 0.429. The second-order valence-electron chi connectivity index (χ2n) is 6.31. The minimum atomic E-state index is -0.507. The average Bonchev–Trinajstić information content (AvgIpc) is 2.75. The highest BCUT2D eigenvalue weighted by Crippen LogP contribution is 2.30. The Morgan fingerprint density at radius 1 is 0.750 bits per heavy atom. The summed E-state index contributed by atoms with van der Waals surface area (Å²) < 4.78 is 5.41. The van der Waals surface area contributed by atoms with Crippen LogP contribution in [-0.2, 0) is 5.75 Å². The molecule has 4 rings (SSSR count). The van der Waals surface area contributed by atoms with Crippen LogP contribution in [0.5, 0.6) is 5.75 Å². The molecule has 4 heteroatoms. The summed E-state index contributed by atoms with van der Waals surface area (Å²) in [5, 5.41) is 10.3. The van der Waals surface area contributed by atoms with E-state index in [1.165, 1.54) is 17.8 Å². The van der Waals surface area contributed by atoms with E-state index in [0.717, 1.165) is 21.6 Å². The molecular formula is C24H18O3S. The summed E-state index contributed by atoms with van der Waals surface area (Å²) in [6.07, 6.45) is 0. The van der Waals surface area contributed by atoms with Gasteiger partial charge in [-0.3, -0.25) is 0 Å². The fourth-order valence-corrected chi connectivity index (χ4v) is 3.82. The Bertz CT molecular complexity index is 1120. The van der Waals surface area contributed by atoms with Crippen molar-refractivity contribution in [3.05, 3.63) is 107 Å². The monoisotopic (exact) mass is 386 g/mol. The van der Waals surface area contributed by atoms with Crippen LogP contribution in [0.2, 0.25) is 0 Å². The lowest BCUT2D eigenvalue weighted by atomic mass is 10.1. The molecule has 28 heavy (non-hydrogen) atoms. The van der Waals surface area contributed by atoms with Crippen molar-refractivity contribution < 1.29 is 9.52 Å². The van der Waals surface area contributed by atoms with Crippen molar-refractivity contribution in [2.24, 2.45) is 0 Å². The second kappa shape index (κ2) is 8.19. The highest BCUT2D eigenvalue weighted by Gasteiger charge is 2.13. The van der Waals surface area contributed by atoms with Crippen molar-refractivity contribution in [2.75, 3.05) is 0 Å². The summed E-state index contributed by atoms with van der Waals surface area (Å²) in [6.45, 7) is 0. The number of aromatic hydroxyl groups is 1. The van der Waals surface area contributed by atoms with Gasteiger partial charge in [-0.15, -0.1) is 11.8 Å². The highest BCUT2D eigenvalue weighted by atomic mass is 32.2. The van der Waals surface area contributed by atoms with E-state index in [9.17, 15) is 9.90 Å². The smallest absolute Gasteiger partial charge is 0.344 e. The molecule has 1 aromatic heterocycles. The van der Waals surface area contributed by atoms with Gasteiger partial charge in [-0.2, -0.15) is 0 Å². The predicted molar refractivity (Wildman–Crippen MR) is 114 cm³/mol. The third-order valence-corrected chi connectivity index (χ3v) is 5.47. The molecule has 4 aromatic rings. The average molecular weight is 386 g/mol. The largest absolute Gasteiger partial charge is 0.507 e. The van der Waals surface area contributed by atoms with Crippen LogP contribution >= 0.6 is 11.8 Å². The molecule has 0 fully saturated rings. The van der Waals surface area contributed by atoms with E-state index in [0.29, 0.717) is 11.5 Å². The maximum absolute atomic E-state index is 12.4. The number of benzene rings is 3. The Hall–Kier alpha value is -3.24. The number of hydrogen-bond acceptors (Lipinski definition) is 4. The molecule has 0 aliphatic rings. The van der Waals surface area contributed by atoms with Gasteiger partial charge in [-0.05, 0) is 23.3 Å². The van der Waals surface area contributed by atoms with Gasteiger partial charge in [-0.25, -0.2) is 4.79 Å². The predicted octanol–water partition coefficient (Wildman–Crippen LogP) is 5.97. The SMILES string of the molecule is O=c1oc(-c2ccccc2)cc(O)c1CSc1ccc(-c2ccccc2)cc1. The molecule has 0 spiro atoms. The fraction of sp³-hybridized carbons (Fsp3) is 0.0417. The van der Waals surface area contributed by atoms with Crippen LogP contribution in [0.3, 0.4) is 0 Å². The Labute approximate surface area is 167 Å². The van der Waals surface area contributed by atoms with Gasteiger partial charge >= 0.3 is 5.63 Å². The fourth-order valence-electron chi connectivity index (χ4n) is 2.91. The number of rotatable bonds is 5. The van der Waals surface area contributed by atoms with E-state index in [-0.39, 0.29) is 11.3 Å². The second-order valence-corrected chi connectivity index (χ2v) is 7.36. The third-order valence-electron chi connectivity index (χ3n) is 4.43. The Morgan fingerprint density at radius 2 is 1.32 bits per heavy atom. The first-order valence-corrected chi connectivity index (χ1v) is 9.89. The van der Waals surface area contributed by atoms with Gasteiger partial charge in [0.1, 0.15) is 11.5 Å². The molecule has 0 aliphatic heterocycles. The standard InChI is InChI=1S/C24H18O3S/c25-22-15-23(19-9-5-2-6-10-19)27-24(26)21(22)16-28-20-13-11-18(12-14-20)17-7-3-1-4-8-17/h1-15,25H,16H2. The first-order chi connectivity index (χ1) is 13.7. The lowest BCUT2D eigenvalue weighted by Crippen LogP contribution is -2.06. The topological polar surface area (TPSA) is 50.4 Å². The lowest BCUT2D eigenvalue weighted by molar-refractivity contribution is 0.445. The van der Waals surface area contributed by atoms with Crippen LogP contribution in [0.15, 0.2) is 105 Å². The van der Waals surface area contributed by atoms with Gasteiger partial charge in [-0.1, -0.05) is 72.8 Å². The van der Waals surface area contributed by atoms with Crippen LogP contribution in [0, 0.1) is 0 Å². The maximum Gasteiger partial charge on any atom is 0.344 e. The summed E-state index contributed by atoms with van der Waals surface area (Å²) in [6, 6.07) is 29.1. The van der Waals surface area contributed by atoms with E-state index in [1.54, 1.807) is 0 Å². The van der Waals surface area contributed by atoms with Gasteiger partial charge in [0, 0.05) is 22.3 Å². The molecule has 0 saturated carbocycles. The van der Waals surface area contributed by atoms with E-state index < -0.39 is 5.63 Å². The Kier molecular flexibility index (Phi) is 5.31. The molecule has 3 aromatic carbocycles. The van der Waals surface area contributed by atoms with Crippen molar-refractivity contribution in [1.82, 2.24) is 0 Å². The van der Waals surface area contributed by atoms with Crippen LogP contribution in [-0.4, -0.2) is 5.11 Å². The van der Waals surface area contributed by atoms with E-state index in [4.69, 9.17) is 4.42 Å². The molecule has 1 N–H and O–H groups in total. The molecule has 0 bridgehead atoms. The minimum absolute atomic E-state index is 0.0384. The van der Waals surface area contributed by atoms with Crippen molar-refractivity contribution in [1.29, 1.82) is 0 Å². The van der Waals surface area contributed by atoms with Gasteiger partial charge in [0.2, 0.25) is 0 Å².